The number of hydrogen-bond donors (Lipinski definition) is 0. The second kappa shape index (κ2) is 21.6. The zero-order chi connectivity index (χ0) is 63.0. The molecule has 0 unspecified atom stereocenters. The summed E-state index contributed by atoms with van der Waals surface area (Å²) in [5, 5.41) is 29.4. The van der Waals surface area contributed by atoms with E-state index in [1.165, 1.54) is 174 Å². The van der Waals surface area contributed by atoms with Gasteiger partial charge in [-0.2, -0.15) is 0 Å². The molecule has 0 aliphatic rings. The Labute approximate surface area is 555 Å². The lowest BCUT2D eigenvalue weighted by Crippen LogP contribution is -2.03. The fourth-order valence-corrected chi connectivity index (χ4v) is 16.4. The average molecular weight is 1210 g/mol. The van der Waals surface area contributed by atoms with Crippen LogP contribution in [-0.4, -0.2) is 0 Å². The van der Waals surface area contributed by atoms with Crippen LogP contribution in [0.2, 0.25) is 0 Å². The van der Waals surface area contributed by atoms with E-state index in [1.54, 1.807) is 0 Å². The molecule has 0 radical (unpaired) electrons. The highest BCUT2D eigenvalue weighted by atomic mass is 14.3. The van der Waals surface area contributed by atoms with E-state index in [0.29, 0.717) is 0 Å². The minimum atomic E-state index is 1.14. The highest BCUT2D eigenvalue weighted by molar-refractivity contribution is 6.27. The number of benzene rings is 20. The molecule has 0 aliphatic heterocycles. The quantitative estimate of drug-likeness (QED) is 0.140. The molecular weight excluding hydrogens is 1150 g/mol. The molecule has 0 fully saturated rings. The predicted molar refractivity (Wildman–Crippen MR) is 415 cm³/mol. The van der Waals surface area contributed by atoms with Gasteiger partial charge in [-0.05, 0) is 250 Å². The van der Waals surface area contributed by atoms with Crippen LogP contribution in [0.4, 0.5) is 0 Å². The maximum Gasteiger partial charge on any atom is -0.00136 e. The van der Waals surface area contributed by atoms with Crippen LogP contribution in [0.25, 0.3) is 207 Å². The van der Waals surface area contributed by atoms with Gasteiger partial charge in [0.05, 0.1) is 0 Å². The molecule has 0 nitrogen and oxygen atoms in total. The number of fused-ring (bicyclic) bond motifs is 19. The fourth-order valence-electron chi connectivity index (χ4n) is 16.4. The Kier molecular flexibility index (Phi) is 12.1. The van der Waals surface area contributed by atoms with E-state index in [4.69, 9.17) is 0 Å². The molecule has 0 heterocycles. The Morgan fingerprint density at radius 3 is 0.656 bits per heavy atom. The van der Waals surface area contributed by atoms with Crippen LogP contribution in [0.3, 0.4) is 0 Å². The zero-order valence-electron chi connectivity index (χ0n) is 52.5. The van der Waals surface area contributed by atoms with Crippen LogP contribution in [0.5, 0.6) is 0 Å². The van der Waals surface area contributed by atoms with Crippen LogP contribution in [0.1, 0.15) is 0 Å². The van der Waals surface area contributed by atoms with E-state index < -0.39 is 0 Å². The zero-order valence-corrected chi connectivity index (χ0v) is 52.5. The first kappa shape index (κ1) is 54.1. The van der Waals surface area contributed by atoms with Gasteiger partial charge < -0.3 is 0 Å². The van der Waals surface area contributed by atoms with Crippen LogP contribution in [0, 0.1) is 0 Å². The van der Waals surface area contributed by atoms with Gasteiger partial charge in [-0.3, -0.25) is 0 Å². The van der Waals surface area contributed by atoms with Gasteiger partial charge >= 0.3 is 0 Å². The van der Waals surface area contributed by atoms with Crippen molar-refractivity contribution in [1.29, 1.82) is 0 Å². The van der Waals surface area contributed by atoms with Gasteiger partial charge in [0.2, 0.25) is 0 Å². The molecule has 20 rings (SSSR count). The Morgan fingerprint density at radius 2 is 0.302 bits per heavy atom. The van der Waals surface area contributed by atoms with Crippen molar-refractivity contribution in [3.63, 3.8) is 0 Å². The van der Waals surface area contributed by atoms with Crippen molar-refractivity contribution in [2.45, 2.75) is 0 Å². The summed E-state index contributed by atoms with van der Waals surface area (Å²) >= 11 is 0. The van der Waals surface area contributed by atoms with Gasteiger partial charge in [-0.1, -0.05) is 309 Å². The molecule has 0 atom stereocenters. The highest BCUT2D eigenvalue weighted by Crippen LogP contribution is 2.58. The third kappa shape index (κ3) is 8.56. The maximum atomic E-state index is 2.54. The molecule has 0 bridgehead atoms. The molecular formula is C96H58. The molecule has 0 aromatic heterocycles. The summed E-state index contributed by atoms with van der Waals surface area (Å²) < 4.78 is 0. The summed E-state index contributed by atoms with van der Waals surface area (Å²) in [5.41, 5.74) is 16.3. The first-order chi connectivity index (χ1) is 47.6. The molecule has 0 saturated carbocycles. The molecule has 96 heavy (non-hydrogen) atoms. The Hall–Kier alpha value is -12.5. The topological polar surface area (TPSA) is 0 Å². The molecule has 0 spiro atoms. The normalized spacial score (nSPS) is 12.0. The summed E-state index contributed by atoms with van der Waals surface area (Å²) in [7, 11) is 0. The SMILES string of the molecule is c1ccc(-c2ccc3cc(-c4c(-c5ccc6c(ccc7ccccc76)c5)c(-c5ccc6c(ccc7ccccc76)c5)c(-c5ccc6c(ccc7ccccc76)c5)c(-c5ccc6c(ccc7ccccc76)c5)c4-c4ccc5c6ccccc6c6ccccc6c5c4)ccc3c2)cc1. The van der Waals surface area contributed by atoms with Crippen molar-refractivity contribution in [2.75, 3.05) is 0 Å². The van der Waals surface area contributed by atoms with Crippen molar-refractivity contribution >= 4 is 129 Å². The third-order valence-corrected chi connectivity index (χ3v) is 20.9. The van der Waals surface area contributed by atoms with Gasteiger partial charge in [0.25, 0.3) is 0 Å². The molecule has 442 valence electrons. The number of hydrogen-bond acceptors (Lipinski definition) is 0. The maximum absolute atomic E-state index is 2.54. The first-order valence-corrected chi connectivity index (χ1v) is 33.4. The third-order valence-electron chi connectivity index (χ3n) is 20.9. The first-order valence-electron chi connectivity index (χ1n) is 33.4. The lowest BCUT2D eigenvalue weighted by Gasteiger charge is -2.29. The Bertz CT molecular complexity index is 6650. The minimum Gasteiger partial charge on any atom is -0.0622 e. The fraction of sp³-hybridized carbons (Fsp3) is 0. The van der Waals surface area contributed by atoms with Crippen LogP contribution in [0.15, 0.2) is 352 Å². The van der Waals surface area contributed by atoms with Crippen molar-refractivity contribution < 1.29 is 0 Å². The number of rotatable bonds is 7. The van der Waals surface area contributed by atoms with Crippen molar-refractivity contribution in [1.82, 2.24) is 0 Å². The van der Waals surface area contributed by atoms with Crippen LogP contribution < -0.4 is 0 Å². The van der Waals surface area contributed by atoms with Gasteiger partial charge in [0.15, 0.2) is 0 Å². The monoisotopic (exact) mass is 1210 g/mol. The highest BCUT2D eigenvalue weighted by Gasteiger charge is 2.31. The van der Waals surface area contributed by atoms with E-state index in [9.17, 15) is 0 Å². The van der Waals surface area contributed by atoms with Crippen LogP contribution in [-0.2, 0) is 0 Å². The molecule has 0 amide bonds. The van der Waals surface area contributed by atoms with E-state index in [1.807, 2.05) is 0 Å². The lowest BCUT2D eigenvalue weighted by molar-refractivity contribution is 1.54. The molecule has 20 aromatic rings. The van der Waals surface area contributed by atoms with Crippen molar-refractivity contribution in [3.8, 4) is 77.9 Å². The van der Waals surface area contributed by atoms with Crippen LogP contribution >= 0.6 is 0 Å². The smallest absolute Gasteiger partial charge is 0.00136 e. The molecule has 0 saturated heterocycles. The summed E-state index contributed by atoms with van der Waals surface area (Å²) in [6, 6.07) is 134. The largest absolute Gasteiger partial charge is 0.0622 e. The standard InChI is InChI=1S/C96H58/c1-2-16-59(17-3-1)64-34-35-66-53-71(41-36-65(66)52-64)91-92(72-42-47-81-67(54-72)37-30-60-18-4-8-22-77(60)81)93(73-43-48-82-68(55-73)38-31-61-19-5-9-23-78(61)82)94(74-44-49-83-69(56-74)39-32-62-20-6-10-24-79(62)83)95(75-45-50-84-70(57-75)40-33-63-21-7-11-25-80(63)84)96(91)76-46-51-89-87-28-13-12-26-85(87)86-27-14-15-29-88(86)90(89)58-76/h1-58H. The summed E-state index contributed by atoms with van der Waals surface area (Å²) in [5.74, 6) is 0. The van der Waals surface area contributed by atoms with Crippen molar-refractivity contribution in [2.24, 2.45) is 0 Å². The molecule has 20 aromatic carbocycles. The minimum absolute atomic E-state index is 1.14. The Balaban J connectivity index is 1.02. The Morgan fingerprint density at radius 1 is 0.0938 bits per heavy atom. The van der Waals surface area contributed by atoms with E-state index in [2.05, 4.69) is 352 Å². The second-order valence-corrected chi connectivity index (χ2v) is 26.1. The second-order valence-electron chi connectivity index (χ2n) is 26.1. The molecule has 0 aliphatic carbocycles. The summed E-state index contributed by atoms with van der Waals surface area (Å²) in [4.78, 5) is 0. The molecule has 0 heteroatoms. The summed E-state index contributed by atoms with van der Waals surface area (Å²) in [6.45, 7) is 0. The predicted octanol–water partition coefficient (Wildman–Crippen LogP) is 27.2. The van der Waals surface area contributed by atoms with Gasteiger partial charge in [-0.15, -0.1) is 0 Å². The average Bonchev–Trinajstić information content (AvgIpc) is 0.704. The molecule has 0 N–H and O–H groups in total. The van der Waals surface area contributed by atoms with Crippen molar-refractivity contribution in [3.05, 3.63) is 352 Å². The van der Waals surface area contributed by atoms with E-state index in [0.717, 1.165) is 33.4 Å². The lowest BCUT2D eigenvalue weighted by atomic mass is 9.73. The summed E-state index contributed by atoms with van der Waals surface area (Å²) in [6.07, 6.45) is 0. The van der Waals surface area contributed by atoms with Gasteiger partial charge in [0.1, 0.15) is 0 Å². The van der Waals surface area contributed by atoms with E-state index in [-0.39, 0.29) is 0 Å². The van der Waals surface area contributed by atoms with Gasteiger partial charge in [0, 0.05) is 0 Å². The van der Waals surface area contributed by atoms with Gasteiger partial charge in [-0.25, -0.2) is 0 Å². The van der Waals surface area contributed by atoms with E-state index >= 15 is 0 Å².